The lowest BCUT2D eigenvalue weighted by Crippen LogP contribution is -2.13. The highest BCUT2D eigenvalue weighted by molar-refractivity contribution is 7.15. The van der Waals surface area contributed by atoms with E-state index in [0.29, 0.717) is 18.2 Å². The van der Waals surface area contributed by atoms with Crippen molar-refractivity contribution in [3.05, 3.63) is 75.3 Å². The summed E-state index contributed by atoms with van der Waals surface area (Å²) >= 11 is 1.24. The Bertz CT molecular complexity index is 930. The zero-order chi connectivity index (χ0) is 19.1. The third-order valence-electron chi connectivity index (χ3n) is 3.58. The van der Waals surface area contributed by atoms with Crippen LogP contribution in [0.25, 0.3) is 0 Å². The molecule has 0 saturated heterocycles. The van der Waals surface area contributed by atoms with E-state index < -0.39 is 10.8 Å². The van der Waals surface area contributed by atoms with Crippen molar-refractivity contribution in [2.24, 2.45) is 0 Å². The molecule has 1 heterocycles. The fourth-order valence-electron chi connectivity index (χ4n) is 2.32. The molecule has 0 aliphatic heterocycles. The fourth-order valence-corrected chi connectivity index (χ4v) is 3.10. The second kappa shape index (κ2) is 8.86. The lowest BCUT2D eigenvalue weighted by atomic mass is 10.1. The molecule has 3 rings (SSSR count). The third-order valence-corrected chi connectivity index (χ3v) is 4.48. The van der Waals surface area contributed by atoms with Crippen LogP contribution in [-0.4, -0.2) is 27.6 Å². The van der Waals surface area contributed by atoms with Crippen molar-refractivity contribution in [1.82, 2.24) is 10.2 Å². The van der Waals surface area contributed by atoms with Crippen molar-refractivity contribution in [1.29, 1.82) is 0 Å². The number of hydrogen-bond donors (Lipinski definition) is 1. The maximum Gasteiger partial charge on any atom is 0.282 e. The predicted octanol–water partition coefficient (Wildman–Crippen LogP) is 3.71. The monoisotopic (exact) mass is 384 g/mol. The summed E-state index contributed by atoms with van der Waals surface area (Å²) in [6, 6.07) is 15.3. The first-order chi connectivity index (χ1) is 13.1. The minimum atomic E-state index is -0.590. The molecule has 138 valence electrons. The first-order valence-electron chi connectivity index (χ1n) is 8.18. The van der Waals surface area contributed by atoms with Gasteiger partial charge in [-0.15, -0.1) is 10.2 Å². The van der Waals surface area contributed by atoms with E-state index in [-0.39, 0.29) is 11.3 Å². The number of rotatable bonds is 8. The minimum absolute atomic E-state index is 0.0180. The van der Waals surface area contributed by atoms with E-state index in [2.05, 4.69) is 15.5 Å². The van der Waals surface area contributed by atoms with Crippen LogP contribution in [0.2, 0.25) is 0 Å². The topological polar surface area (TPSA) is 107 Å². The second-order valence-corrected chi connectivity index (χ2v) is 6.56. The van der Waals surface area contributed by atoms with Crippen LogP contribution < -0.4 is 10.1 Å². The van der Waals surface area contributed by atoms with Gasteiger partial charge in [-0.2, -0.15) is 0 Å². The summed E-state index contributed by atoms with van der Waals surface area (Å²) in [6.07, 6.45) is 1.41. The number of aryl methyl sites for hydroxylation is 1. The summed E-state index contributed by atoms with van der Waals surface area (Å²) in [6.45, 7) is 0.543. The van der Waals surface area contributed by atoms with Gasteiger partial charge in [0.15, 0.2) is 0 Å². The number of benzene rings is 2. The summed E-state index contributed by atoms with van der Waals surface area (Å²) in [4.78, 5) is 22.7. The van der Waals surface area contributed by atoms with Crippen molar-refractivity contribution < 1.29 is 14.5 Å². The Kier molecular flexibility index (Phi) is 6.06. The van der Waals surface area contributed by atoms with Crippen LogP contribution in [-0.2, 0) is 6.42 Å². The molecule has 0 saturated carbocycles. The van der Waals surface area contributed by atoms with Gasteiger partial charge in [-0.05, 0) is 24.6 Å². The van der Waals surface area contributed by atoms with Gasteiger partial charge in [0, 0.05) is 12.5 Å². The molecule has 27 heavy (non-hydrogen) atoms. The molecule has 0 atom stereocenters. The molecule has 8 nitrogen and oxygen atoms in total. The Balaban J connectivity index is 1.52. The van der Waals surface area contributed by atoms with Gasteiger partial charge in [0.25, 0.3) is 11.6 Å². The Morgan fingerprint density at radius 1 is 1.11 bits per heavy atom. The summed E-state index contributed by atoms with van der Waals surface area (Å²) in [5.41, 5.74) is -0.270. The van der Waals surface area contributed by atoms with Gasteiger partial charge in [-0.3, -0.25) is 20.2 Å². The van der Waals surface area contributed by atoms with Crippen LogP contribution in [0.4, 0.5) is 10.8 Å². The lowest BCUT2D eigenvalue weighted by Gasteiger charge is -2.04. The fraction of sp³-hybridized carbons (Fsp3) is 0.167. The van der Waals surface area contributed by atoms with Crippen LogP contribution >= 0.6 is 11.3 Å². The van der Waals surface area contributed by atoms with Crippen molar-refractivity contribution in [3.63, 3.8) is 0 Å². The zero-order valence-corrected chi connectivity index (χ0v) is 15.0. The van der Waals surface area contributed by atoms with Crippen LogP contribution in [0.1, 0.15) is 21.8 Å². The maximum atomic E-state index is 12.3. The van der Waals surface area contributed by atoms with E-state index in [9.17, 15) is 14.9 Å². The standard InChI is InChI=1S/C18H16N4O4S/c23-17(14-9-4-5-10-15(14)22(24)25)19-18-21-20-16(27-18)11-6-12-26-13-7-2-1-3-8-13/h1-5,7-10H,6,11-12H2,(H,19,21,23). The van der Waals surface area contributed by atoms with Gasteiger partial charge in [0.2, 0.25) is 5.13 Å². The quantitative estimate of drug-likeness (QED) is 0.360. The number of hydrogen-bond acceptors (Lipinski definition) is 7. The van der Waals surface area contributed by atoms with Crippen LogP contribution in [0.3, 0.4) is 0 Å². The molecule has 1 N–H and O–H groups in total. The van der Waals surface area contributed by atoms with E-state index in [1.54, 1.807) is 6.07 Å². The Morgan fingerprint density at radius 2 is 1.85 bits per heavy atom. The predicted molar refractivity (Wildman–Crippen MR) is 101 cm³/mol. The second-order valence-electron chi connectivity index (χ2n) is 5.49. The SMILES string of the molecule is O=C(Nc1nnc(CCCOc2ccccc2)s1)c1ccccc1[N+](=O)[O-]. The molecule has 0 spiro atoms. The molecule has 0 bridgehead atoms. The van der Waals surface area contributed by atoms with Gasteiger partial charge in [0.05, 0.1) is 11.5 Å². The highest BCUT2D eigenvalue weighted by atomic mass is 32.1. The number of nitro benzene ring substituents is 1. The third kappa shape index (κ3) is 5.08. The number of nitrogens with one attached hydrogen (secondary N) is 1. The molecular formula is C18H16N4O4S. The molecule has 0 radical (unpaired) electrons. The van der Waals surface area contributed by atoms with Crippen LogP contribution in [0.5, 0.6) is 5.75 Å². The molecule has 0 fully saturated rings. The van der Waals surface area contributed by atoms with Crippen LogP contribution in [0, 0.1) is 10.1 Å². The van der Waals surface area contributed by atoms with Crippen molar-refractivity contribution >= 4 is 28.1 Å². The van der Waals surface area contributed by atoms with Crippen molar-refractivity contribution in [3.8, 4) is 5.75 Å². The average Bonchev–Trinajstić information content (AvgIpc) is 3.13. The summed E-state index contributed by atoms with van der Waals surface area (Å²) < 4.78 is 5.62. The number of amides is 1. The van der Waals surface area contributed by atoms with Gasteiger partial charge < -0.3 is 4.74 Å². The van der Waals surface area contributed by atoms with Gasteiger partial charge in [0.1, 0.15) is 16.3 Å². The highest BCUT2D eigenvalue weighted by Crippen LogP contribution is 2.21. The maximum absolute atomic E-state index is 12.3. The number of ether oxygens (including phenoxy) is 1. The first kappa shape index (κ1) is 18.5. The van der Waals surface area contributed by atoms with Gasteiger partial charge >= 0.3 is 0 Å². The highest BCUT2D eigenvalue weighted by Gasteiger charge is 2.20. The molecule has 9 heteroatoms. The number of aromatic nitrogens is 2. The smallest absolute Gasteiger partial charge is 0.282 e. The number of anilines is 1. The normalized spacial score (nSPS) is 10.4. The average molecular weight is 384 g/mol. The Hall–Kier alpha value is -3.33. The summed E-state index contributed by atoms with van der Waals surface area (Å²) in [5, 5.41) is 22.6. The Morgan fingerprint density at radius 3 is 2.63 bits per heavy atom. The Labute approximate surface area is 159 Å². The van der Waals surface area contributed by atoms with Gasteiger partial charge in [-0.25, -0.2) is 0 Å². The van der Waals surface area contributed by atoms with E-state index in [4.69, 9.17) is 4.74 Å². The van der Waals surface area contributed by atoms with Crippen LogP contribution in [0.15, 0.2) is 54.6 Å². The molecule has 2 aromatic carbocycles. The van der Waals surface area contributed by atoms with E-state index >= 15 is 0 Å². The number of para-hydroxylation sites is 2. The molecule has 0 aliphatic carbocycles. The first-order valence-corrected chi connectivity index (χ1v) is 9.00. The number of carbonyl (C=O) groups is 1. The lowest BCUT2D eigenvalue weighted by molar-refractivity contribution is -0.385. The van der Waals surface area contributed by atoms with E-state index in [1.165, 1.54) is 29.5 Å². The van der Waals surface area contributed by atoms with Gasteiger partial charge in [-0.1, -0.05) is 41.7 Å². The number of nitro groups is 1. The minimum Gasteiger partial charge on any atom is -0.494 e. The summed E-state index contributed by atoms with van der Waals surface area (Å²) in [7, 11) is 0. The molecular weight excluding hydrogens is 368 g/mol. The van der Waals surface area contributed by atoms with Crippen molar-refractivity contribution in [2.45, 2.75) is 12.8 Å². The number of carbonyl (C=O) groups excluding carboxylic acids is 1. The van der Waals surface area contributed by atoms with E-state index in [0.717, 1.165) is 17.2 Å². The molecule has 1 amide bonds. The molecule has 3 aromatic rings. The largest absolute Gasteiger partial charge is 0.494 e. The van der Waals surface area contributed by atoms with Crippen molar-refractivity contribution in [2.75, 3.05) is 11.9 Å². The molecule has 0 aliphatic rings. The van der Waals surface area contributed by atoms with E-state index in [1.807, 2.05) is 30.3 Å². The number of nitrogens with zero attached hydrogens (tertiary/aromatic N) is 3. The molecule has 1 aromatic heterocycles. The molecule has 0 unspecified atom stereocenters. The summed E-state index contributed by atoms with van der Waals surface area (Å²) in [5.74, 6) is 0.226. The zero-order valence-electron chi connectivity index (χ0n) is 14.2.